The fourth-order valence-corrected chi connectivity index (χ4v) is 1.48. The van der Waals surface area contributed by atoms with Crippen molar-refractivity contribution in [3.8, 4) is 17.5 Å². The summed E-state index contributed by atoms with van der Waals surface area (Å²) in [6.07, 6.45) is 2.70. The Hall–Kier alpha value is -2.24. The van der Waals surface area contributed by atoms with Gasteiger partial charge in [-0.3, -0.25) is 4.98 Å². The summed E-state index contributed by atoms with van der Waals surface area (Å²) in [5.41, 5.74) is 0.699. The first kappa shape index (κ1) is 13.2. The van der Waals surface area contributed by atoms with E-state index in [-0.39, 0.29) is 0 Å². The van der Waals surface area contributed by atoms with Gasteiger partial charge in [0, 0.05) is 12.7 Å². The Balaban J connectivity index is 2.33. The molecule has 2 aromatic heterocycles. The number of ether oxygens (including phenoxy) is 1. The normalized spacial score (nSPS) is 10.2. The molecule has 0 aromatic carbocycles. The quantitative estimate of drug-likeness (QED) is 0.857. The van der Waals surface area contributed by atoms with Crippen LogP contribution in [0.15, 0.2) is 24.4 Å². The summed E-state index contributed by atoms with van der Waals surface area (Å²) in [7, 11) is 0. The molecule has 0 radical (unpaired) electrons. The Labute approximate surface area is 112 Å². The molecular formula is C13H17N5O. The Morgan fingerprint density at radius 1 is 1.16 bits per heavy atom. The zero-order chi connectivity index (χ0) is 13.5. The Morgan fingerprint density at radius 2 is 2.05 bits per heavy atom. The van der Waals surface area contributed by atoms with Crippen molar-refractivity contribution in [3.05, 3.63) is 24.4 Å². The summed E-state index contributed by atoms with van der Waals surface area (Å²) in [5, 5.41) is 3.13. The molecule has 0 bridgehead atoms. The second-order valence-corrected chi connectivity index (χ2v) is 3.84. The molecule has 0 amide bonds. The number of anilines is 1. The van der Waals surface area contributed by atoms with Crippen LogP contribution in [0.2, 0.25) is 0 Å². The van der Waals surface area contributed by atoms with Crippen LogP contribution in [-0.2, 0) is 0 Å². The molecule has 2 heterocycles. The molecule has 2 rings (SSSR count). The third kappa shape index (κ3) is 3.61. The first-order valence-electron chi connectivity index (χ1n) is 6.37. The minimum absolute atomic E-state index is 0.316. The molecule has 6 nitrogen and oxygen atoms in total. The van der Waals surface area contributed by atoms with Crippen LogP contribution in [0, 0.1) is 0 Å². The highest BCUT2D eigenvalue weighted by atomic mass is 16.5. The smallest absolute Gasteiger partial charge is 0.321 e. The number of hydrogen-bond acceptors (Lipinski definition) is 6. The summed E-state index contributed by atoms with van der Waals surface area (Å²) in [6.45, 7) is 5.29. The van der Waals surface area contributed by atoms with Gasteiger partial charge in [0.2, 0.25) is 5.95 Å². The number of hydrogen-bond donors (Lipinski definition) is 1. The Bertz CT molecular complexity index is 518. The van der Waals surface area contributed by atoms with Crippen LogP contribution in [0.25, 0.3) is 11.5 Å². The van der Waals surface area contributed by atoms with Crippen molar-refractivity contribution in [1.29, 1.82) is 0 Å². The van der Waals surface area contributed by atoms with Gasteiger partial charge >= 0.3 is 6.01 Å². The molecule has 0 saturated carbocycles. The van der Waals surface area contributed by atoms with Crippen molar-refractivity contribution in [2.75, 3.05) is 18.5 Å². The Kier molecular flexibility index (Phi) is 4.60. The van der Waals surface area contributed by atoms with Crippen molar-refractivity contribution in [2.24, 2.45) is 0 Å². The van der Waals surface area contributed by atoms with Crippen LogP contribution in [0.4, 0.5) is 5.95 Å². The molecule has 0 aliphatic rings. The van der Waals surface area contributed by atoms with Gasteiger partial charge in [0.1, 0.15) is 5.69 Å². The summed E-state index contributed by atoms with van der Waals surface area (Å²) in [5.74, 6) is 1.03. The highest BCUT2D eigenvalue weighted by Crippen LogP contribution is 2.16. The molecule has 0 unspecified atom stereocenters. The van der Waals surface area contributed by atoms with Crippen LogP contribution >= 0.6 is 0 Å². The van der Waals surface area contributed by atoms with Crippen molar-refractivity contribution < 1.29 is 4.74 Å². The predicted octanol–water partition coefficient (Wildman–Crippen LogP) is 2.15. The fraction of sp³-hybridized carbons (Fsp3) is 0.385. The first-order chi connectivity index (χ1) is 9.33. The van der Waals surface area contributed by atoms with Crippen molar-refractivity contribution >= 4 is 5.95 Å². The van der Waals surface area contributed by atoms with Crippen LogP contribution in [0.5, 0.6) is 6.01 Å². The lowest BCUT2D eigenvalue weighted by Crippen LogP contribution is -2.09. The van der Waals surface area contributed by atoms with E-state index in [2.05, 4.69) is 32.2 Å². The summed E-state index contributed by atoms with van der Waals surface area (Å²) >= 11 is 0. The maximum absolute atomic E-state index is 5.36. The van der Waals surface area contributed by atoms with Gasteiger partial charge in [-0.25, -0.2) is 0 Å². The SMILES string of the molecule is CCCNc1nc(OCC)nc(-c2ccccn2)n1. The van der Waals surface area contributed by atoms with E-state index in [1.54, 1.807) is 6.20 Å². The second-order valence-electron chi connectivity index (χ2n) is 3.84. The lowest BCUT2D eigenvalue weighted by Gasteiger charge is -2.07. The summed E-state index contributed by atoms with van der Waals surface area (Å²) in [4.78, 5) is 17.0. The molecule has 0 spiro atoms. The van der Waals surface area contributed by atoms with E-state index in [9.17, 15) is 0 Å². The molecule has 100 valence electrons. The zero-order valence-electron chi connectivity index (χ0n) is 11.1. The van der Waals surface area contributed by atoms with Crippen molar-refractivity contribution in [1.82, 2.24) is 19.9 Å². The molecule has 0 fully saturated rings. The number of aromatic nitrogens is 4. The van der Waals surface area contributed by atoms with Gasteiger partial charge in [0.25, 0.3) is 0 Å². The molecular weight excluding hydrogens is 242 g/mol. The second kappa shape index (κ2) is 6.63. The lowest BCUT2D eigenvalue weighted by molar-refractivity contribution is 0.312. The monoisotopic (exact) mass is 259 g/mol. The molecule has 0 atom stereocenters. The van der Waals surface area contributed by atoms with Crippen molar-refractivity contribution in [3.63, 3.8) is 0 Å². The van der Waals surface area contributed by atoms with E-state index < -0.39 is 0 Å². The van der Waals surface area contributed by atoms with Gasteiger partial charge in [0.05, 0.1) is 6.61 Å². The van der Waals surface area contributed by atoms with E-state index in [0.717, 1.165) is 13.0 Å². The molecule has 0 saturated heterocycles. The van der Waals surface area contributed by atoms with Gasteiger partial charge in [0.15, 0.2) is 5.82 Å². The minimum atomic E-state index is 0.316. The highest BCUT2D eigenvalue weighted by molar-refractivity contribution is 5.50. The van der Waals surface area contributed by atoms with Gasteiger partial charge in [-0.15, -0.1) is 0 Å². The van der Waals surface area contributed by atoms with Gasteiger partial charge in [-0.05, 0) is 25.5 Å². The van der Waals surface area contributed by atoms with Gasteiger partial charge < -0.3 is 10.1 Å². The summed E-state index contributed by atoms with van der Waals surface area (Å²) < 4.78 is 5.36. The standard InChI is InChI=1S/C13H17N5O/c1-3-8-15-12-16-11(10-7-5-6-9-14-10)17-13(18-12)19-4-2/h5-7,9H,3-4,8H2,1-2H3,(H,15,16,17,18). The van der Waals surface area contributed by atoms with E-state index in [4.69, 9.17) is 4.74 Å². The highest BCUT2D eigenvalue weighted by Gasteiger charge is 2.09. The minimum Gasteiger partial charge on any atom is -0.464 e. The van der Waals surface area contributed by atoms with E-state index in [1.807, 2.05) is 25.1 Å². The fourth-order valence-electron chi connectivity index (χ4n) is 1.48. The van der Waals surface area contributed by atoms with Crippen LogP contribution < -0.4 is 10.1 Å². The molecule has 1 N–H and O–H groups in total. The topological polar surface area (TPSA) is 72.8 Å². The molecule has 6 heteroatoms. The molecule has 0 aliphatic carbocycles. The largest absolute Gasteiger partial charge is 0.464 e. The predicted molar refractivity (Wildman–Crippen MR) is 73.0 cm³/mol. The number of rotatable bonds is 6. The van der Waals surface area contributed by atoms with Crippen LogP contribution in [-0.4, -0.2) is 33.1 Å². The number of nitrogens with zero attached hydrogens (tertiary/aromatic N) is 4. The van der Waals surface area contributed by atoms with E-state index in [1.165, 1.54) is 0 Å². The maximum Gasteiger partial charge on any atom is 0.321 e. The third-order valence-electron chi connectivity index (χ3n) is 2.32. The lowest BCUT2D eigenvalue weighted by atomic mass is 10.3. The van der Waals surface area contributed by atoms with Crippen LogP contribution in [0.1, 0.15) is 20.3 Å². The van der Waals surface area contributed by atoms with Gasteiger partial charge in [-0.2, -0.15) is 15.0 Å². The summed E-state index contributed by atoms with van der Waals surface area (Å²) in [6, 6.07) is 5.92. The average molecular weight is 259 g/mol. The van der Waals surface area contributed by atoms with Crippen molar-refractivity contribution in [2.45, 2.75) is 20.3 Å². The Morgan fingerprint density at radius 3 is 2.74 bits per heavy atom. The van der Waals surface area contributed by atoms with Gasteiger partial charge in [-0.1, -0.05) is 13.0 Å². The molecule has 2 aromatic rings. The van der Waals surface area contributed by atoms with Crippen LogP contribution in [0.3, 0.4) is 0 Å². The van der Waals surface area contributed by atoms with E-state index in [0.29, 0.717) is 30.1 Å². The number of pyridine rings is 1. The maximum atomic E-state index is 5.36. The third-order valence-corrected chi connectivity index (χ3v) is 2.32. The molecule has 19 heavy (non-hydrogen) atoms. The number of nitrogens with one attached hydrogen (secondary N) is 1. The van der Waals surface area contributed by atoms with E-state index >= 15 is 0 Å². The first-order valence-corrected chi connectivity index (χ1v) is 6.37. The zero-order valence-corrected chi connectivity index (χ0v) is 11.1. The molecule has 0 aliphatic heterocycles. The average Bonchev–Trinajstić information content (AvgIpc) is 2.46.